The SMILES string of the molecule is NCCc1c[nH]c2ccc(C(N3CCCC3)S(=O)[O-])cc12. The maximum Gasteiger partial charge on any atom is 0.0982 e. The van der Waals surface area contributed by atoms with Gasteiger partial charge < -0.3 is 15.3 Å². The minimum absolute atomic E-state index is 0.544. The van der Waals surface area contributed by atoms with Crippen LogP contribution in [-0.4, -0.2) is 38.3 Å². The summed E-state index contributed by atoms with van der Waals surface area (Å²) in [5.41, 5.74) is 8.65. The average molecular weight is 306 g/mol. The summed E-state index contributed by atoms with van der Waals surface area (Å²) >= 11 is -2.14. The van der Waals surface area contributed by atoms with Crippen LogP contribution in [-0.2, 0) is 17.5 Å². The Bertz CT molecular complexity index is 649. The number of rotatable bonds is 5. The van der Waals surface area contributed by atoms with E-state index in [1.807, 2.05) is 29.3 Å². The Kier molecular flexibility index (Phi) is 4.40. The minimum Gasteiger partial charge on any atom is -0.771 e. The maximum absolute atomic E-state index is 11.7. The number of nitrogens with zero attached hydrogens (tertiary/aromatic N) is 1. The molecule has 5 nitrogen and oxygen atoms in total. The van der Waals surface area contributed by atoms with Crippen LogP contribution in [0.15, 0.2) is 24.4 Å². The predicted octanol–water partition coefficient (Wildman–Crippen LogP) is 1.64. The van der Waals surface area contributed by atoms with Gasteiger partial charge in [-0.15, -0.1) is 0 Å². The second-order valence-corrected chi connectivity index (χ2v) is 6.48. The van der Waals surface area contributed by atoms with Gasteiger partial charge in [0, 0.05) is 17.1 Å². The molecule has 0 aliphatic carbocycles. The molecule has 2 aromatic rings. The fourth-order valence-corrected chi connectivity index (χ4v) is 3.95. The van der Waals surface area contributed by atoms with Gasteiger partial charge in [-0.05, 0) is 73.2 Å². The Morgan fingerprint density at radius 2 is 2.14 bits per heavy atom. The summed E-state index contributed by atoms with van der Waals surface area (Å²) < 4.78 is 23.4. The lowest BCUT2D eigenvalue weighted by Crippen LogP contribution is -2.28. The van der Waals surface area contributed by atoms with Gasteiger partial charge in [0.2, 0.25) is 0 Å². The number of nitrogens with one attached hydrogen (secondary N) is 1. The van der Waals surface area contributed by atoms with Gasteiger partial charge in [0.1, 0.15) is 0 Å². The summed E-state index contributed by atoms with van der Waals surface area (Å²) in [5.74, 6) is 0. The van der Waals surface area contributed by atoms with Crippen LogP contribution >= 0.6 is 0 Å². The molecule has 1 fully saturated rings. The largest absolute Gasteiger partial charge is 0.771 e. The molecule has 114 valence electrons. The Labute approximate surface area is 126 Å². The van der Waals surface area contributed by atoms with Crippen LogP contribution in [0, 0.1) is 0 Å². The Morgan fingerprint density at radius 3 is 2.81 bits per heavy atom. The van der Waals surface area contributed by atoms with Gasteiger partial charge >= 0.3 is 0 Å². The standard InChI is InChI=1S/C15H21N3O2S/c16-6-5-12-10-17-14-4-3-11(9-13(12)14)15(21(19)20)18-7-1-2-8-18/h3-4,9-10,15,17H,1-2,5-8,16H2,(H,19,20)/p-1. The van der Waals surface area contributed by atoms with Gasteiger partial charge in [0.05, 0.1) is 5.37 Å². The molecule has 1 aromatic heterocycles. The molecular formula is C15H20N3O2S-. The molecule has 2 atom stereocenters. The molecule has 2 unspecified atom stereocenters. The van der Waals surface area contributed by atoms with E-state index in [2.05, 4.69) is 4.98 Å². The van der Waals surface area contributed by atoms with Crippen LogP contribution in [0.25, 0.3) is 10.9 Å². The van der Waals surface area contributed by atoms with Crippen molar-refractivity contribution in [2.24, 2.45) is 5.73 Å². The Morgan fingerprint density at radius 1 is 1.38 bits per heavy atom. The minimum atomic E-state index is -2.14. The van der Waals surface area contributed by atoms with Crippen molar-refractivity contribution in [3.05, 3.63) is 35.5 Å². The predicted molar refractivity (Wildman–Crippen MR) is 83.5 cm³/mol. The van der Waals surface area contributed by atoms with Crippen molar-refractivity contribution in [3.63, 3.8) is 0 Å². The molecule has 0 amide bonds. The third kappa shape index (κ3) is 2.89. The maximum atomic E-state index is 11.7. The highest BCUT2D eigenvalue weighted by Gasteiger charge is 2.24. The zero-order valence-corrected chi connectivity index (χ0v) is 12.7. The molecule has 0 radical (unpaired) electrons. The normalized spacial score (nSPS) is 19.1. The zero-order chi connectivity index (χ0) is 14.8. The summed E-state index contributed by atoms with van der Waals surface area (Å²) in [6, 6.07) is 5.86. The second-order valence-electron chi connectivity index (χ2n) is 5.51. The van der Waals surface area contributed by atoms with Crippen LogP contribution in [0.1, 0.15) is 29.3 Å². The van der Waals surface area contributed by atoms with Gasteiger partial charge in [-0.25, -0.2) is 0 Å². The fourth-order valence-electron chi connectivity index (χ4n) is 3.13. The van der Waals surface area contributed by atoms with E-state index in [9.17, 15) is 8.76 Å². The number of benzene rings is 1. The number of aromatic amines is 1. The first-order chi connectivity index (χ1) is 10.2. The van der Waals surface area contributed by atoms with Gasteiger partial charge in [-0.1, -0.05) is 6.07 Å². The fraction of sp³-hybridized carbons (Fsp3) is 0.467. The topological polar surface area (TPSA) is 85.2 Å². The van der Waals surface area contributed by atoms with Crippen LogP contribution in [0.3, 0.4) is 0 Å². The average Bonchev–Trinajstić information content (AvgIpc) is 3.10. The molecule has 0 bridgehead atoms. The van der Waals surface area contributed by atoms with Crippen molar-refractivity contribution in [2.45, 2.75) is 24.6 Å². The summed E-state index contributed by atoms with van der Waals surface area (Å²) in [5, 5.41) is 0.533. The summed E-state index contributed by atoms with van der Waals surface area (Å²) in [7, 11) is 0. The molecule has 1 aromatic carbocycles. The van der Waals surface area contributed by atoms with Crippen molar-refractivity contribution in [2.75, 3.05) is 19.6 Å². The van der Waals surface area contributed by atoms with E-state index in [1.54, 1.807) is 0 Å². The first-order valence-corrected chi connectivity index (χ1v) is 8.46. The van der Waals surface area contributed by atoms with Crippen molar-refractivity contribution in [1.29, 1.82) is 0 Å². The lowest BCUT2D eigenvalue weighted by atomic mass is 10.1. The lowest BCUT2D eigenvalue weighted by Gasteiger charge is -2.29. The molecular weight excluding hydrogens is 286 g/mol. The van der Waals surface area contributed by atoms with Crippen LogP contribution in [0.2, 0.25) is 0 Å². The highest BCUT2D eigenvalue weighted by atomic mass is 32.2. The van der Waals surface area contributed by atoms with Crippen molar-refractivity contribution in [1.82, 2.24) is 9.88 Å². The van der Waals surface area contributed by atoms with Crippen LogP contribution in [0.5, 0.6) is 0 Å². The van der Waals surface area contributed by atoms with E-state index < -0.39 is 16.5 Å². The zero-order valence-electron chi connectivity index (χ0n) is 11.9. The third-order valence-corrected chi connectivity index (χ3v) is 5.08. The number of hydrogen-bond donors (Lipinski definition) is 2. The quantitative estimate of drug-likeness (QED) is 0.822. The molecule has 1 aliphatic rings. The summed E-state index contributed by atoms with van der Waals surface area (Å²) in [6.07, 6.45) is 4.88. The van der Waals surface area contributed by atoms with Gasteiger partial charge in [0.15, 0.2) is 0 Å². The molecule has 0 saturated carbocycles. The molecule has 1 saturated heterocycles. The van der Waals surface area contributed by atoms with Gasteiger partial charge in [0.25, 0.3) is 0 Å². The van der Waals surface area contributed by atoms with Crippen LogP contribution in [0.4, 0.5) is 0 Å². The van der Waals surface area contributed by atoms with Crippen LogP contribution < -0.4 is 5.73 Å². The van der Waals surface area contributed by atoms with Crippen molar-refractivity contribution >= 4 is 22.0 Å². The lowest BCUT2D eigenvalue weighted by molar-refractivity contribution is 0.302. The summed E-state index contributed by atoms with van der Waals surface area (Å²) in [4.78, 5) is 5.26. The number of aromatic nitrogens is 1. The number of nitrogens with two attached hydrogens (primary N) is 1. The number of likely N-dealkylation sites (tertiary alicyclic amines) is 1. The van der Waals surface area contributed by atoms with E-state index in [1.165, 1.54) is 0 Å². The monoisotopic (exact) mass is 306 g/mol. The highest BCUT2D eigenvalue weighted by Crippen LogP contribution is 2.30. The number of fused-ring (bicyclic) bond motifs is 1. The third-order valence-electron chi connectivity index (χ3n) is 4.14. The molecule has 3 N–H and O–H groups in total. The number of hydrogen-bond acceptors (Lipinski definition) is 4. The van der Waals surface area contributed by atoms with E-state index in [0.29, 0.717) is 6.54 Å². The molecule has 0 spiro atoms. The smallest absolute Gasteiger partial charge is 0.0982 e. The van der Waals surface area contributed by atoms with E-state index in [0.717, 1.165) is 54.4 Å². The van der Waals surface area contributed by atoms with E-state index >= 15 is 0 Å². The molecule has 6 heteroatoms. The van der Waals surface area contributed by atoms with E-state index in [4.69, 9.17) is 5.73 Å². The Hall–Kier alpha value is -1.21. The van der Waals surface area contributed by atoms with E-state index in [-0.39, 0.29) is 0 Å². The first-order valence-electron chi connectivity index (χ1n) is 7.33. The molecule has 21 heavy (non-hydrogen) atoms. The highest BCUT2D eigenvalue weighted by molar-refractivity contribution is 7.79. The number of H-pyrrole nitrogens is 1. The van der Waals surface area contributed by atoms with Gasteiger partial charge in [-0.2, -0.15) is 0 Å². The molecule has 1 aliphatic heterocycles. The summed E-state index contributed by atoms with van der Waals surface area (Å²) in [6.45, 7) is 2.28. The van der Waals surface area contributed by atoms with Crippen molar-refractivity contribution < 1.29 is 8.76 Å². The molecule has 3 rings (SSSR count). The van der Waals surface area contributed by atoms with Crippen molar-refractivity contribution in [3.8, 4) is 0 Å². The Balaban J connectivity index is 2.00. The molecule has 2 heterocycles. The first kappa shape index (κ1) is 14.7. The van der Waals surface area contributed by atoms with Gasteiger partial charge in [-0.3, -0.25) is 9.11 Å². The second kappa shape index (κ2) is 6.27.